The predicted octanol–water partition coefficient (Wildman–Crippen LogP) is 3.90. The van der Waals surface area contributed by atoms with Crippen molar-refractivity contribution in [2.45, 2.75) is 45.7 Å². The molecule has 2 unspecified atom stereocenters. The van der Waals surface area contributed by atoms with Crippen LogP contribution in [-0.4, -0.2) is 47.4 Å². The van der Waals surface area contributed by atoms with Gasteiger partial charge in [-0.3, -0.25) is 9.59 Å². The number of carbonyl (C=O) groups excluding carboxylic acids is 2. The number of benzene rings is 1. The first-order chi connectivity index (χ1) is 13.5. The molecule has 2 amide bonds. The van der Waals surface area contributed by atoms with E-state index in [0.29, 0.717) is 13.2 Å². The Hall–Kier alpha value is -2.34. The summed E-state index contributed by atoms with van der Waals surface area (Å²) in [7, 11) is 0. The standard InChI is InChI=1S/C22H28N2O3S/c1-4-16(2)24(17(3)25)14-22(26)23-12-10-21-19(11-13-28-21)20(23)15-27-18-8-6-5-7-9-18/h5-9,11,13,16,20H,4,10,12,14-15H2,1-3H3. The Kier molecular flexibility index (Phi) is 6.73. The van der Waals surface area contributed by atoms with Crippen LogP contribution < -0.4 is 4.74 Å². The number of hydrogen-bond donors (Lipinski definition) is 0. The number of nitrogens with zero attached hydrogens (tertiary/aromatic N) is 2. The van der Waals surface area contributed by atoms with Crippen LogP contribution in [0.2, 0.25) is 0 Å². The summed E-state index contributed by atoms with van der Waals surface area (Å²) in [5.41, 5.74) is 1.17. The molecular formula is C22H28N2O3S. The van der Waals surface area contributed by atoms with Crippen molar-refractivity contribution < 1.29 is 14.3 Å². The average Bonchev–Trinajstić information content (AvgIpc) is 3.19. The summed E-state index contributed by atoms with van der Waals surface area (Å²) < 4.78 is 6.00. The van der Waals surface area contributed by atoms with Crippen LogP contribution in [0, 0.1) is 0 Å². The molecule has 0 saturated heterocycles. The lowest BCUT2D eigenvalue weighted by Gasteiger charge is -2.37. The van der Waals surface area contributed by atoms with Crippen LogP contribution in [0.1, 0.15) is 43.7 Å². The zero-order valence-electron chi connectivity index (χ0n) is 16.8. The van der Waals surface area contributed by atoms with Gasteiger partial charge in [0, 0.05) is 24.4 Å². The Labute approximate surface area is 170 Å². The van der Waals surface area contributed by atoms with Crippen molar-refractivity contribution in [2.75, 3.05) is 19.7 Å². The molecule has 0 radical (unpaired) electrons. The van der Waals surface area contributed by atoms with E-state index in [1.165, 1.54) is 17.4 Å². The Morgan fingerprint density at radius 1 is 1.29 bits per heavy atom. The fourth-order valence-electron chi connectivity index (χ4n) is 3.60. The van der Waals surface area contributed by atoms with Gasteiger partial charge in [-0.25, -0.2) is 0 Å². The third-order valence-electron chi connectivity index (χ3n) is 5.40. The van der Waals surface area contributed by atoms with Gasteiger partial charge in [0.05, 0.1) is 12.6 Å². The molecule has 5 nitrogen and oxygen atoms in total. The van der Waals surface area contributed by atoms with Crippen molar-refractivity contribution in [3.8, 4) is 5.75 Å². The maximum Gasteiger partial charge on any atom is 0.242 e. The van der Waals surface area contributed by atoms with Crippen LogP contribution in [0.3, 0.4) is 0 Å². The van der Waals surface area contributed by atoms with Crippen molar-refractivity contribution in [1.82, 2.24) is 9.80 Å². The first kappa shape index (κ1) is 20.4. The number of para-hydroxylation sites is 1. The van der Waals surface area contributed by atoms with Gasteiger partial charge < -0.3 is 14.5 Å². The van der Waals surface area contributed by atoms with Crippen LogP contribution in [0.5, 0.6) is 5.75 Å². The zero-order chi connectivity index (χ0) is 20.1. The van der Waals surface area contributed by atoms with Crippen molar-refractivity contribution in [3.63, 3.8) is 0 Å². The summed E-state index contributed by atoms with van der Waals surface area (Å²) in [6.07, 6.45) is 1.67. The fraction of sp³-hybridized carbons (Fsp3) is 0.455. The largest absolute Gasteiger partial charge is 0.491 e. The van der Waals surface area contributed by atoms with E-state index in [9.17, 15) is 9.59 Å². The van der Waals surface area contributed by atoms with Gasteiger partial charge >= 0.3 is 0 Å². The van der Waals surface area contributed by atoms with Gasteiger partial charge in [-0.05, 0) is 48.9 Å². The van der Waals surface area contributed by atoms with Gasteiger partial charge in [0.15, 0.2) is 0 Å². The van der Waals surface area contributed by atoms with E-state index < -0.39 is 0 Å². The number of thiophene rings is 1. The summed E-state index contributed by atoms with van der Waals surface area (Å²) in [6.45, 7) is 6.72. The first-order valence-corrected chi connectivity index (χ1v) is 10.7. The molecule has 0 fully saturated rings. The smallest absolute Gasteiger partial charge is 0.242 e. The Morgan fingerprint density at radius 2 is 2.04 bits per heavy atom. The minimum atomic E-state index is -0.131. The molecule has 0 aliphatic carbocycles. The fourth-order valence-corrected chi connectivity index (χ4v) is 4.53. The quantitative estimate of drug-likeness (QED) is 0.708. The highest BCUT2D eigenvalue weighted by Gasteiger charge is 2.33. The molecule has 6 heteroatoms. The molecule has 1 aromatic carbocycles. The van der Waals surface area contributed by atoms with Crippen LogP contribution in [0.15, 0.2) is 41.8 Å². The molecule has 1 aliphatic heterocycles. The molecule has 28 heavy (non-hydrogen) atoms. The monoisotopic (exact) mass is 400 g/mol. The third-order valence-corrected chi connectivity index (χ3v) is 6.40. The van der Waals surface area contributed by atoms with Crippen LogP contribution in [-0.2, 0) is 16.0 Å². The lowest BCUT2D eigenvalue weighted by Crippen LogP contribution is -2.49. The molecule has 2 atom stereocenters. The molecule has 0 N–H and O–H groups in total. The van der Waals surface area contributed by atoms with E-state index in [1.807, 2.05) is 49.1 Å². The zero-order valence-corrected chi connectivity index (χ0v) is 17.6. The highest BCUT2D eigenvalue weighted by molar-refractivity contribution is 7.10. The Morgan fingerprint density at radius 3 is 2.71 bits per heavy atom. The minimum Gasteiger partial charge on any atom is -0.491 e. The average molecular weight is 401 g/mol. The molecule has 2 aromatic rings. The molecule has 1 aromatic heterocycles. The first-order valence-electron chi connectivity index (χ1n) is 9.82. The van der Waals surface area contributed by atoms with E-state index in [-0.39, 0.29) is 30.4 Å². The SMILES string of the molecule is CCC(C)N(CC(=O)N1CCc2sccc2C1COc1ccccc1)C(C)=O. The molecule has 0 spiro atoms. The molecule has 0 bridgehead atoms. The summed E-state index contributed by atoms with van der Waals surface area (Å²) in [6, 6.07) is 11.7. The summed E-state index contributed by atoms with van der Waals surface area (Å²) in [5, 5.41) is 2.08. The van der Waals surface area contributed by atoms with Crippen LogP contribution in [0.25, 0.3) is 0 Å². The highest BCUT2D eigenvalue weighted by Crippen LogP contribution is 2.34. The molecular weight excluding hydrogens is 372 g/mol. The molecule has 150 valence electrons. The second kappa shape index (κ2) is 9.24. The predicted molar refractivity (Wildman–Crippen MR) is 112 cm³/mol. The molecule has 2 heterocycles. The van der Waals surface area contributed by atoms with Crippen LogP contribution >= 0.6 is 11.3 Å². The normalized spacial score (nSPS) is 17.0. The second-order valence-electron chi connectivity index (χ2n) is 7.18. The van der Waals surface area contributed by atoms with E-state index in [4.69, 9.17) is 4.74 Å². The van der Waals surface area contributed by atoms with Gasteiger partial charge in [0.2, 0.25) is 11.8 Å². The number of rotatable bonds is 7. The van der Waals surface area contributed by atoms with Gasteiger partial charge in [0.25, 0.3) is 0 Å². The number of hydrogen-bond acceptors (Lipinski definition) is 4. The molecule has 1 aliphatic rings. The Balaban J connectivity index is 1.77. The molecule has 3 rings (SSSR count). The number of carbonyl (C=O) groups is 2. The highest BCUT2D eigenvalue weighted by atomic mass is 32.1. The van der Waals surface area contributed by atoms with E-state index in [0.717, 1.165) is 18.6 Å². The van der Waals surface area contributed by atoms with E-state index in [1.54, 1.807) is 16.2 Å². The van der Waals surface area contributed by atoms with E-state index in [2.05, 4.69) is 11.4 Å². The summed E-state index contributed by atoms with van der Waals surface area (Å²) in [4.78, 5) is 30.1. The Bertz CT molecular complexity index is 805. The van der Waals surface area contributed by atoms with Crippen molar-refractivity contribution in [1.29, 1.82) is 0 Å². The summed E-state index contributed by atoms with van der Waals surface area (Å²) >= 11 is 1.73. The van der Waals surface area contributed by atoms with Gasteiger partial charge in [-0.15, -0.1) is 11.3 Å². The number of fused-ring (bicyclic) bond motifs is 1. The maximum atomic E-state index is 13.2. The van der Waals surface area contributed by atoms with Crippen molar-refractivity contribution in [2.24, 2.45) is 0 Å². The van der Waals surface area contributed by atoms with Crippen molar-refractivity contribution >= 4 is 23.2 Å². The summed E-state index contributed by atoms with van der Waals surface area (Å²) in [5.74, 6) is 0.712. The van der Waals surface area contributed by atoms with Crippen LogP contribution in [0.4, 0.5) is 0 Å². The van der Waals surface area contributed by atoms with Crippen molar-refractivity contribution in [3.05, 3.63) is 52.2 Å². The number of amides is 2. The molecule has 0 saturated carbocycles. The third kappa shape index (κ3) is 4.55. The lowest BCUT2D eigenvalue weighted by molar-refractivity contribution is -0.143. The minimum absolute atomic E-state index is 0.0194. The lowest BCUT2D eigenvalue weighted by atomic mass is 10.00. The van der Waals surface area contributed by atoms with Gasteiger partial charge in [-0.2, -0.15) is 0 Å². The van der Waals surface area contributed by atoms with E-state index >= 15 is 0 Å². The second-order valence-corrected chi connectivity index (χ2v) is 8.18. The number of ether oxygens (including phenoxy) is 1. The maximum absolute atomic E-state index is 13.2. The van der Waals surface area contributed by atoms with Gasteiger partial charge in [0.1, 0.15) is 12.4 Å². The van der Waals surface area contributed by atoms with Gasteiger partial charge in [-0.1, -0.05) is 25.1 Å². The topological polar surface area (TPSA) is 49.9 Å².